The van der Waals surface area contributed by atoms with Crippen LogP contribution in [-0.2, 0) is 4.79 Å². The molecule has 0 saturated carbocycles. The normalized spacial score (nSPS) is 20.4. The zero-order chi connectivity index (χ0) is 13.1. The molecule has 3 nitrogen and oxygen atoms in total. The van der Waals surface area contributed by atoms with Crippen LogP contribution in [0, 0.1) is 0 Å². The number of hydrogen-bond acceptors (Lipinski definition) is 2. The highest BCUT2D eigenvalue weighted by Crippen LogP contribution is 2.34. The highest BCUT2D eigenvalue weighted by Gasteiger charge is 2.28. The van der Waals surface area contributed by atoms with Gasteiger partial charge in [0.15, 0.2) is 0 Å². The van der Waals surface area contributed by atoms with Crippen molar-refractivity contribution in [1.29, 1.82) is 0 Å². The van der Waals surface area contributed by atoms with Crippen molar-refractivity contribution in [2.75, 3.05) is 11.4 Å². The smallest absolute Gasteiger partial charge is 0.243 e. The second-order valence-corrected chi connectivity index (χ2v) is 5.13. The zero-order valence-electron chi connectivity index (χ0n) is 11.2. The summed E-state index contributed by atoms with van der Waals surface area (Å²) in [4.78, 5) is 14.2. The van der Waals surface area contributed by atoms with Gasteiger partial charge in [-0.3, -0.25) is 4.79 Å². The largest absolute Gasteiger partial charge is 0.320 e. The van der Waals surface area contributed by atoms with Crippen molar-refractivity contribution in [2.45, 2.75) is 45.1 Å². The number of benzene rings is 1. The summed E-state index contributed by atoms with van der Waals surface area (Å²) in [5.74, 6) is 0.587. The summed E-state index contributed by atoms with van der Waals surface area (Å²) in [6, 6.07) is 7.81. The third kappa shape index (κ3) is 2.41. The summed E-state index contributed by atoms with van der Waals surface area (Å²) in [5.41, 5.74) is 8.27. The quantitative estimate of drug-likeness (QED) is 0.891. The van der Waals surface area contributed by atoms with E-state index in [4.69, 9.17) is 5.73 Å². The number of carbonyl (C=O) groups is 1. The molecule has 0 aliphatic carbocycles. The van der Waals surface area contributed by atoms with Gasteiger partial charge in [-0.05, 0) is 30.4 Å². The lowest BCUT2D eigenvalue weighted by atomic mass is 9.91. The van der Waals surface area contributed by atoms with E-state index in [1.54, 1.807) is 0 Å². The molecule has 1 heterocycles. The standard InChI is InChI=1S/C15H22N2O/c1-3-6-13(16)15(18)17-10-9-11(2)12-7-4-5-8-14(12)17/h4-5,7-8,11,13H,3,6,9-10,16H2,1-2H3. The minimum absolute atomic E-state index is 0.0659. The minimum atomic E-state index is -0.364. The van der Waals surface area contributed by atoms with Crippen molar-refractivity contribution < 1.29 is 4.79 Å². The first-order valence-corrected chi connectivity index (χ1v) is 6.81. The minimum Gasteiger partial charge on any atom is -0.320 e. The number of rotatable bonds is 3. The van der Waals surface area contributed by atoms with Gasteiger partial charge in [-0.15, -0.1) is 0 Å². The fourth-order valence-electron chi connectivity index (χ4n) is 2.61. The Balaban J connectivity index is 2.26. The van der Waals surface area contributed by atoms with E-state index < -0.39 is 0 Å². The topological polar surface area (TPSA) is 46.3 Å². The van der Waals surface area contributed by atoms with Crippen LogP contribution in [0.15, 0.2) is 24.3 Å². The Labute approximate surface area is 109 Å². The van der Waals surface area contributed by atoms with Crippen LogP contribution in [0.25, 0.3) is 0 Å². The van der Waals surface area contributed by atoms with Crippen LogP contribution in [0.1, 0.15) is 44.6 Å². The summed E-state index contributed by atoms with van der Waals surface area (Å²) in [7, 11) is 0. The maximum Gasteiger partial charge on any atom is 0.243 e. The molecule has 2 N–H and O–H groups in total. The lowest BCUT2D eigenvalue weighted by Crippen LogP contribution is -2.46. The third-order valence-corrected chi connectivity index (χ3v) is 3.73. The number of carbonyl (C=O) groups excluding carboxylic acids is 1. The average Bonchev–Trinajstić information content (AvgIpc) is 2.39. The number of anilines is 1. The van der Waals surface area contributed by atoms with Gasteiger partial charge in [0.1, 0.15) is 0 Å². The van der Waals surface area contributed by atoms with E-state index in [0.29, 0.717) is 5.92 Å². The van der Waals surface area contributed by atoms with Crippen LogP contribution in [0.4, 0.5) is 5.69 Å². The second-order valence-electron chi connectivity index (χ2n) is 5.13. The van der Waals surface area contributed by atoms with Crippen LogP contribution in [0.5, 0.6) is 0 Å². The number of amides is 1. The first-order valence-electron chi connectivity index (χ1n) is 6.81. The SMILES string of the molecule is CCCC(N)C(=O)N1CCC(C)c2ccccc21. The number of nitrogens with zero attached hydrogens (tertiary/aromatic N) is 1. The molecule has 1 aliphatic heterocycles. The first-order chi connectivity index (χ1) is 8.65. The van der Waals surface area contributed by atoms with E-state index in [2.05, 4.69) is 19.9 Å². The van der Waals surface area contributed by atoms with Gasteiger partial charge >= 0.3 is 0 Å². The lowest BCUT2D eigenvalue weighted by Gasteiger charge is -2.34. The zero-order valence-corrected chi connectivity index (χ0v) is 11.2. The molecule has 0 bridgehead atoms. The fraction of sp³-hybridized carbons (Fsp3) is 0.533. The number of para-hydroxylation sites is 1. The van der Waals surface area contributed by atoms with Gasteiger partial charge in [0.05, 0.1) is 6.04 Å². The Morgan fingerprint density at radius 2 is 2.22 bits per heavy atom. The molecule has 0 spiro atoms. The Hall–Kier alpha value is -1.35. The summed E-state index contributed by atoms with van der Waals surface area (Å²) < 4.78 is 0. The molecule has 2 rings (SSSR count). The first kappa shape index (κ1) is 13.1. The molecule has 0 radical (unpaired) electrons. The second kappa shape index (κ2) is 5.53. The molecule has 1 aliphatic rings. The molecule has 2 atom stereocenters. The van der Waals surface area contributed by atoms with Gasteiger partial charge in [-0.25, -0.2) is 0 Å². The van der Waals surface area contributed by atoms with Crippen molar-refractivity contribution in [3.8, 4) is 0 Å². The van der Waals surface area contributed by atoms with Crippen molar-refractivity contribution in [3.05, 3.63) is 29.8 Å². The molecule has 1 amide bonds. The fourth-order valence-corrected chi connectivity index (χ4v) is 2.61. The highest BCUT2D eigenvalue weighted by molar-refractivity contribution is 5.98. The maximum atomic E-state index is 12.4. The van der Waals surface area contributed by atoms with Crippen LogP contribution < -0.4 is 10.6 Å². The van der Waals surface area contributed by atoms with E-state index in [9.17, 15) is 4.79 Å². The Kier molecular flexibility index (Phi) is 4.02. The Morgan fingerprint density at radius 3 is 2.94 bits per heavy atom. The van der Waals surface area contributed by atoms with E-state index in [1.807, 2.05) is 23.1 Å². The van der Waals surface area contributed by atoms with Gasteiger partial charge in [0.2, 0.25) is 5.91 Å². The van der Waals surface area contributed by atoms with Crippen molar-refractivity contribution in [2.24, 2.45) is 5.73 Å². The molecule has 98 valence electrons. The van der Waals surface area contributed by atoms with Gasteiger partial charge in [-0.1, -0.05) is 38.5 Å². The van der Waals surface area contributed by atoms with Crippen LogP contribution in [-0.4, -0.2) is 18.5 Å². The average molecular weight is 246 g/mol. The molecule has 2 unspecified atom stereocenters. The van der Waals surface area contributed by atoms with Crippen molar-refractivity contribution >= 4 is 11.6 Å². The summed E-state index contributed by atoms with van der Waals surface area (Å²) in [6.07, 6.45) is 2.72. The van der Waals surface area contributed by atoms with Gasteiger partial charge in [0, 0.05) is 12.2 Å². The molecule has 1 aromatic rings. The summed E-state index contributed by atoms with van der Waals surface area (Å²) in [6.45, 7) is 5.06. The predicted molar refractivity (Wildman–Crippen MR) is 74.7 cm³/mol. The molecule has 18 heavy (non-hydrogen) atoms. The maximum absolute atomic E-state index is 12.4. The molecule has 0 aromatic heterocycles. The van der Waals surface area contributed by atoms with Gasteiger partial charge in [-0.2, -0.15) is 0 Å². The van der Waals surface area contributed by atoms with Crippen LogP contribution in [0.2, 0.25) is 0 Å². The van der Waals surface area contributed by atoms with E-state index in [0.717, 1.165) is 31.5 Å². The molecule has 3 heteroatoms. The Bertz CT molecular complexity index is 430. The molecular formula is C15H22N2O. The number of nitrogens with two attached hydrogens (primary N) is 1. The van der Waals surface area contributed by atoms with E-state index >= 15 is 0 Å². The van der Waals surface area contributed by atoms with E-state index in [-0.39, 0.29) is 11.9 Å². The Morgan fingerprint density at radius 1 is 1.50 bits per heavy atom. The summed E-state index contributed by atoms with van der Waals surface area (Å²) >= 11 is 0. The highest BCUT2D eigenvalue weighted by atomic mass is 16.2. The van der Waals surface area contributed by atoms with E-state index in [1.165, 1.54) is 5.56 Å². The van der Waals surface area contributed by atoms with Crippen molar-refractivity contribution in [1.82, 2.24) is 0 Å². The molecule has 0 saturated heterocycles. The van der Waals surface area contributed by atoms with Crippen LogP contribution >= 0.6 is 0 Å². The van der Waals surface area contributed by atoms with Gasteiger partial charge < -0.3 is 10.6 Å². The predicted octanol–water partition coefficient (Wildman–Crippen LogP) is 2.65. The number of hydrogen-bond donors (Lipinski definition) is 1. The molecular weight excluding hydrogens is 224 g/mol. The van der Waals surface area contributed by atoms with Crippen molar-refractivity contribution in [3.63, 3.8) is 0 Å². The summed E-state index contributed by atoms with van der Waals surface area (Å²) in [5, 5.41) is 0. The third-order valence-electron chi connectivity index (χ3n) is 3.73. The van der Waals surface area contributed by atoms with Gasteiger partial charge in [0.25, 0.3) is 0 Å². The monoisotopic (exact) mass is 246 g/mol. The molecule has 1 aromatic carbocycles. The van der Waals surface area contributed by atoms with Crippen LogP contribution in [0.3, 0.4) is 0 Å². The molecule has 0 fully saturated rings. The lowest BCUT2D eigenvalue weighted by molar-refractivity contribution is -0.120. The number of fused-ring (bicyclic) bond motifs is 1.